The minimum atomic E-state index is -0.836. The summed E-state index contributed by atoms with van der Waals surface area (Å²) >= 11 is 0. The van der Waals surface area contributed by atoms with Gasteiger partial charge >= 0.3 is 5.97 Å². The molecular formula is C16H29NO3. The van der Waals surface area contributed by atoms with Crippen LogP contribution in [0.3, 0.4) is 0 Å². The molecule has 20 heavy (non-hydrogen) atoms. The third-order valence-corrected chi connectivity index (χ3v) is 4.87. The molecule has 0 aromatic carbocycles. The highest BCUT2D eigenvalue weighted by Gasteiger charge is 2.38. The Labute approximate surface area is 122 Å². The summed E-state index contributed by atoms with van der Waals surface area (Å²) in [7, 11) is 0. The number of aliphatic carboxylic acids is 1. The second-order valence-corrected chi connectivity index (χ2v) is 6.67. The first-order chi connectivity index (χ1) is 9.55. The molecule has 0 aromatic heterocycles. The van der Waals surface area contributed by atoms with Crippen molar-refractivity contribution in [2.24, 2.45) is 5.92 Å². The lowest BCUT2D eigenvalue weighted by Gasteiger charge is -2.32. The molecule has 3 unspecified atom stereocenters. The number of carbonyl (C=O) groups is 1. The number of hydrogen-bond acceptors (Lipinski definition) is 3. The van der Waals surface area contributed by atoms with Gasteiger partial charge in [-0.05, 0) is 44.9 Å². The largest absolute Gasteiger partial charge is 0.480 e. The lowest BCUT2D eigenvalue weighted by molar-refractivity contribution is -0.145. The molecule has 0 aromatic rings. The van der Waals surface area contributed by atoms with Gasteiger partial charge in [0.2, 0.25) is 0 Å². The Morgan fingerprint density at radius 3 is 2.60 bits per heavy atom. The van der Waals surface area contributed by atoms with Crippen molar-refractivity contribution in [1.82, 2.24) is 5.32 Å². The van der Waals surface area contributed by atoms with Crippen LogP contribution >= 0.6 is 0 Å². The van der Waals surface area contributed by atoms with Crippen LogP contribution in [0, 0.1) is 5.92 Å². The van der Waals surface area contributed by atoms with Gasteiger partial charge in [0.25, 0.3) is 0 Å². The summed E-state index contributed by atoms with van der Waals surface area (Å²) in [6, 6.07) is 0.397. The molecule has 0 bridgehead atoms. The van der Waals surface area contributed by atoms with E-state index in [4.69, 9.17) is 4.74 Å². The van der Waals surface area contributed by atoms with Crippen molar-refractivity contribution in [3.63, 3.8) is 0 Å². The molecular weight excluding hydrogens is 254 g/mol. The summed E-state index contributed by atoms with van der Waals surface area (Å²) in [5, 5.41) is 12.7. The van der Waals surface area contributed by atoms with Crippen LogP contribution in [-0.4, -0.2) is 35.4 Å². The van der Waals surface area contributed by atoms with Gasteiger partial charge in [-0.15, -0.1) is 0 Å². The van der Waals surface area contributed by atoms with E-state index in [0.29, 0.717) is 31.1 Å². The van der Waals surface area contributed by atoms with Crippen molar-refractivity contribution in [2.75, 3.05) is 6.61 Å². The summed E-state index contributed by atoms with van der Waals surface area (Å²) in [6.45, 7) is 4.56. The van der Waals surface area contributed by atoms with Crippen LogP contribution in [-0.2, 0) is 9.53 Å². The normalized spacial score (nSPS) is 29.9. The Kier molecular flexibility index (Phi) is 5.44. The van der Waals surface area contributed by atoms with E-state index < -0.39 is 11.5 Å². The zero-order valence-electron chi connectivity index (χ0n) is 12.9. The van der Waals surface area contributed by atoms with Gasteiger partial charge in [0, 0.05) is 12.6 Å². The molecule has 4 heteroatoms. The number of hydrogen-bond donors (Lipinski definition) is 2. The molecule has 0 radical (unpaired) electrons. The molecule has 2 aliphatic carbocycles. The Morgan fingerprint density at radius 2 is 2.00 bits per heavy atom. The fourth-order valence-corrected chi connectivity index (χ4v) is 3.19. The van der Waals surface area contributed by atoms with Crippen LogP contribution in [0.2, 0.25) is 0 Å². The fraction of sp³-hybridized carbons (Fsp3) is 0.938. The first-order valence-electron chi connectivity index (χ1n) is 8.18. The van der Waals surface area contributed by atoms with Gasteiger partial charge in [0.05, 0.1) is 6.10 Å². The lowest BCUT2D eigenvalue weighted by atomic mass is 9.84. The molecule has 0 aliphatic heterocycles. The Bertz CT molecular complexity index is 330. The molecule has 0 heterocycles. The monoisotopic (exact) mass is 283 g/mol. The molecule has 0 spiro atoms. The molecule has 3 atom stereocenters. The first-order valence-corrected chi connectivity index (χ1v) is 8.18. The molecule has 116 valence electrons. The van der Waals surface area contributed by atoms with E-state index in [-0.39, 0.29) is 0 Å². The predicted molar refractivity (Wildman–Crippen MR) is 78.8 cm³/mol. The minimum Gasteiger partial charge on any atom is -0.480 e. The van der Waals surface area contributed by atoms with Crippen LogP contribution < -0.4 is 5.32 Å². The summed E-state index contributed by atoms with van der Waals surface area (Å²) in [4.78, 5) is 11.5. The van der Waals surface area contributed by atoms with Crippen molar-refractivity contribution in [1.29, 1.82) is 0 Å². The van der Waals surface area contributed by atoms with Crippen molar-refractivity contribution in [2.45, 2.75) is 82.9 Å². The van der Waals surface area contributed by atoms with Crippen molar-refractivity contribution in [3.05, 3.63) is 0 Å². The van der Waals surface area contributed by atoms with Gasteiger partial charge in [-0.2, -0.15) is 0 Å². The van der Waals surface area contributed by atoms with E-state index in [0.717, 1.165) is 19.3 Å². The average molecular weight is 283 g/mol. The summed E-state index contributed by atoms with van der Waals surface area (Å²) < 4.78 is 6.03. The van der Waals surface area contributed by atoms with Gasteiger partial charge in [-0.1, -0.05) is 26.2 Å². The van der Waals surface area contributed by atoms with E-state index >= 15 is 0 Å². The third-order valence-electron chi connectivity index (χ3n) is 4.87. The topological polar surface area (TPSA) is 58.6 Å². The maximum Gasteiger partial charge on any atom is 0.323 e. The lowest BCUT2D eigenvalue weighted by Crippen LogP contribution is -2.51. The van der Waals surface area contributed by atoms with Crippen molar-refractivity contribution < 1.29 is 14.6 Å². The predicted octanol–water partition coefficient (Wildman–Crippen LogP) is 2.96. The van der Waals surface area contributed by atoms with Crippen LogP contribution in [0.25, 0.3) is 0 Å². The van der Waals surface area contributed by atoms with Gasteiger partial charge in [-0.3, -0.25) is 10.1 Å². The number of rotatable bonds is 8. The van der Waals surface area contributed by atoms with Crippen molar-refractivity contribution in [3.8, 4) is 0 Å². The summed E-state index contributed by atoms with van der Waals surface area (Å²) in [5.41, 5.74) is -0.836. The Hall–Kier alpha value is -0.610. The smallest absolute Gasteiger partial charge is 0.323 e. The first kappa shape index (κ1) is 15.8. The molecule has 4 nitrogen and oxygen atoms in total. The maximum atomic E-state index is 11.5. The van der Waals surface area contributed by atoms with E-state index in [2.05, 4.69) is 12.2 Å². The minimum absolute atomic E-state index is 0.340. The summed E-state index contributed by atoms with van der Waals surface area (Å²) in [5.74, 6) is -0.0973. The molecule has 0 amide bonds. The number of ether oxygens (including phenoxy) is 1. The van der Waals surface area contributed by atoms with Gasteiger partial charge in [0.15, 0.2) is 0 Å². The Morgan fingerprint density at radius 1 is 1.30 bits per heavy atom. The molecule has 2 N–H and O–H groups in total. The highest BCUT2D eigenvalue weighted by Crippen LogP contribution is 2.30. The molecule has 2 saturated carbocycles. The van der Waals surface area contributed by atoms with Crippen LogP contribution in [0.1, 0.15) is 65.2 Å². The zero-order chi connectivity index (χ0) is 14.6. The average Bonchev–Trinajstić information content (AvgIpc) is 3.23. The molecule has 2 aliphatic rings. The third kappa shape index (κ3) is 4.19. The van der Waals surface area contributed by atoms with Crippen LogP contribution in [0.5, 0.6) is 0 Å². The maximum absolute atomic E-state index is 11.5. The standard InChI is InChI=1S/C16H29NO3/c1-3-12-6-4-5-7-14(12)20-11-10-16(2,15(18)19)17-13-8-9-13/h12-14,17H,3-11H2,1-2H3,(H,18,19). The number of carboxylic acid groups (broad SMARTS) is 1. The summed E-state index contributed by atoms with van der Waals surface area (Å²) in [6.07, 6.45) is 9.22. The Balaban J connectivity index is 1.78. The highest BCUT2D eigenvalue weighted by atomic mass is 16.5. The van der Waals surface area contributed by atoms with E-state index in [9.17, 15) is 9.90 Å². The molecule has 2 fully saturated rings. The quantitative estimate of drug-likeness (QED) is 0.719. The van der Waals surface area contributed by atoms with Gasteiger partial charge < -0.3 is 9.84 Å². The SMILES string of the molecule is CCC1CCCCC1OCCC(C)(NC1CC1)C(=O)O. The van der Waals surface area contributed by atoms with Crippen molar-refractivity contribution >= 4 is 5.97 Å². The van der Waals surface area contributed by atoms with Crippen LogP contribution in [0.15, 0.2) is 0 Å². The second-order valence-electron chi connectivity index (χ2n) is 6.67. The zero-order valence-corrected chi connectivity index (χ0v) is 12.9. The van der Waals surface area contributed by atoms with E-state index in [1.807, 2.05) is 0 Å². The number of nitrogens with one attached hydrogen (secondary N) is 1. The van der Waals surface area contributed by atoms with Gasteiger partial charge in [0.1, 0.15) is 5.54 Å². The molecule has 0 saturated heterocycles. The van der Waals surface area contributed by atoms with E-state index in [1.54, 1.807) is 6.92 Å². The fourth-order valence-electron chi connectivity index (χ4n) is 3.19. The second kappa shape index (κ2) is 6.90. The van der Waals surface area contributed by atoms with Gasteiger partial charge in [-0.25, -0.2) is 0 Å². The van der Waals surface area contributed by atoms with E-state index in [1.165, 1.54) is 25.7 Å². The number of carboxylic acids is 1. The van der Waals surface area contributed by atoms with Crippen LogP contribution in [0.4, 0.5) is 0 Å². The highest BCUT2D eigenvalue weighted by molar-refractivity contribution is 5.78. The molecule has 2 rings (SSSR count).